The van der Waals surface area contributed by atoms with Crippen molar-refractivity contribution in [3.8, 4) is 0 Å². The Balaban J connectivity index is 2.14. The molecule has 1 fully saturated rings. The first kappa shape index (κ1) is 14.9. The van der Waals surface area contributed by atoms with E-state index in [4.69, 9.17) is 5.84 Å². The number of hydrogen-bond donors (Lipinski definition) is 2. The number of rotatable bonds is 4. The first-order valence-corrected chi connectivity index (χ1v) is 7.86. The maximum absolute atomic E-state index is 13.4. The quantitative estimate of drug-likeness (QED) is 0.638. The predicted molar refractivity (Wildman–Crippen MR) is 79.9 cm³/mol. The summed E-state index contributed by atoms with van der Waals surface area (Å²) in [5.41, 5.74) is 3.83. The fourth-order valence-corrected chi connectivity index (χ4v) is 3.66. The molecule has 1 aliphatic rings. The molecule has 0 saturated heterocycles. The van der Waals surface area contributed by atoms with E-state index in [0.29, 0.717) is 5.92 Å². The zero-order valence-electron chi connectivity index (χ0n) is 11.3. The molecule has 0 aliphatic heterocycles. The van der Waals surface area contributed by atoms with Crippen LogP contribution in [0.3, 0.4) is 0 Å². The lowest BCUT2D eigenvalue weighted by atomic mass is 9.76. The van der Waals surface area contributed by atoms with Crippen LogP contribution in [0, 0.1) is 17.7 Å². The van der Waals surface area contributed by atoms with Gasteiger partial charge in [-0.1, -0.05) is 42.1 Å². The molecule has 1 aromatic carbocycles. The van der Waals surface area contributed by atoms with Gasteiger partial charge in [0.1, 0.15) is 5.82 Å². The molecule has 4 heteroatoms. The highest BCUT2D eigenvalue weighted by molar-refractivity contribution is 9.10. The van der Waals surface area contributed by atoms with Crippen LogP contribution < -0.4 is 11.3 Å². The molecule has 106 valence electrons. The summed E-state index contributed by atoms with van der Waals surface area (Å²) in [4.78, 5) is 0. The van der Waals surface area contributed by atoms with Crippen molar-refractivity contribution in [1.82, 2.24) is 5.43 Å². The summed E-state index contributed by atoms with van der Waals surface area (Å²) < 4.78 is 14.4. The van der Waals surface area contributed by atoms with Gasteiger partial charge in [-0.3, -0.25) is 11.3 Å². The number of hydrogen-bond acceptors (Lipinski definition) is 2. The first-order valence-electron chi connectivity index (χ1n) is 7.06. The van der Waals surface area contributed by atoms with Crippen LogP contribution in [0.5, 0.6) is 0 Å². The van der Waals surface area contributed by atoms with E-state index < -0.39 is 0 Å². The van der Waals surface area contributed by atoms with Crippen LogP contribution in [-0.4, -0.2) is 0 Å². The van der Waals surface area contributed by atoms with Crippen molar-refractivity contribution in [3.05, 3.63) is 34.1 Å². The van der Waals surface area contributed by atoms with Crippen LogP contribution in [0.1, 0.15) is 50.6 Å². The molecule has 2 nitrogen and oxygen atoms in total. The van der Waals surface area contributed by atoms with E-state index in [1.807, 2.05) is 0 Å². The van der Waals surface area contributed by atoms with Gasteiger partial charge >= 0.3 is 0 Å². The van der Waals surface area contributed by atoms with E-state index in [0.717, 1.165) is 28.8 Å². The molecule has 1 aromatic rings. The van der Waals surface area contributed by atoms with Crippen molar-refractivity contribution < 1.29 is 4.39 Å². The lowest BCUT2D eigenvalue weighted by Gasteiger charge is -2.34. The van der Waals surface area contributed by atoms with Gasteiger partial charge in [-0.2, -0.15) is 0 Å². The van der Waals surface area contributed by atoms with Gasteiger partial charge in [-0.25, -0.2) is 4.39 Å². The molecule has 3 N–H and O–H groups in total. The van der Waals surface area contributed by atoms with Gasteiger partial charge in [0, 0.05) is 10.5 Å². The molecule has 0 radical (unpaired) electrons. The molecule has 0 heterocycles. The second-order valence-corrected chi connectivity index (χ2v) is 6.35. The van der Waals surface area contributed by atoms with Gasteiger partial charge in [-0.05, 0) is 48.4 Å². The topological polar surface area (TPSA) is 38.0 Å². The summed E-state index contributed by atoms with van der Waals surface area (Å²) in [5.74, 6) is 6.86. The maximum atomic E-state index is 13.4. The molecular weight excluding hydrogens is 307 g/mol. The first-order chi connectivity index (χ1) is 9.15. The van der Waals surface area contributed by atoms with Gasteiger partial charge in [-0.15, -0.1) is 0 Å². The standard InChI is InChI=1S/C15H22BrFN2/c1-2-10-3-5-11(6-4-10)15(19-18)13-9-12(17)7-8-14(13)16/h7-11,15,19H,2-6,18H2,1H3. The molecule has 0 aromatic heterocycles. The summed E-state index contributed by atoms with van der Waals surface area (Å²) in [6, 6.07) is 4.84. The second kappa shape index (κ2) is 6.82. The third-order valence-corrected chi connectivity index (χ3v) is 5.14. The lowest BCUT2D eigenvalue weighted by molar-refractivity contribution is 0.219. The minimum atomic E-state index is -0.208. The highest BCUT2D eigenvalue weighted by atomic mass is 79.9. The van der Waals surface area contributed by atoms with Gasteiger partial charge in [0.15, 0.2) is 0 Å². The van der Waals surface area contributed by atoms with Crippen LogP contribution in [0.25, 0.3) is 0 Å². The van der Waals surface area contributed by atoms with E-state index in [2.05, 4.69) is 28.3 Å². The van der Waals surface area contributed by atoms with E-state index in [-0.39, 0.29) is 11.9 Å². The van der Waals surface area contributed by atoms with Crippen molar-refractivity contribution in [3.63, 3.8) is 0 Å². The van der Waals surface area contributed by atoms with Gasteiger partial charge in [0.2, 0.25) is 0 Å². The fourth-order valence-electron chi connectivity index (χ4n) is 3.16. The Hall–Kier alpha value is -0.450. The molecule has 0 bridgehead atoms. The highest BCUT2D eigenvalue weighted by Gasteiger charge is 2.28. The summed E-state index contributed by atoms with van der Waals surface area (Å²) in [6.07, 6.45) is 6.10. The van der Waals surface area contributed by atoms with E-state index in [1.165, 1.54) is 25.3 Å². The highest BCUT2D eigenvalue weighted by Crippen LogP contribution is 2.39. The Morgan fingerprint density at radius 2 is 2.05 bits per heavy atom. The number of halogens is 2. The number of nitrogens with one attached hydrogen (secondary N) is 1. The Labute approximate surface area is 123 Å². The van der Waals surface area contributed by atoms with Crippen molar-refractivity contribution in [2.45, 2.75) is 45.1 Å². The predicted octanol–water partition coefficient (Wildman–Crippen LogP) is 4.31. The zero-order valence-corrected chi connectivity index (χ0v) is 12.9. The van der Waals surface area contributed by atoms with E-state index in [1.54, 1.807) is 12.1 Å². The Morgan fingerprint density at radius 1 is 1.37 bits per heavy atom. The lowest BCUT2D eigenvalue weighted by Crippen LogP contribution is -2.35. The van der Waals surface area contributed by atoms with E-state index in [9.17, 15) is 4.39 Å². The minimum absolute atomic E-state index is 0.0304. The summed E-state index contributed by atoms with van der Waals surface area (Å²) >= 11 is 3.50. The summed E-state index contributed by atoms with van der Waals surface area (Å²) in [6.45, 7) is 2.26. The van der Waals surface area contributed by atoms with Crippen LogP contribution in [0.2, 0.25) is 0 Å². The molecule has 0 spiro atoms. The largest absolute Gasteiger partial charge is 0.271 e. The number of hydrazine groups is 1. The average molecular weight is 329 g/mol. The SMILES string of the molecule is CCC1CCC(C(NN)c2cc(F)ccc2Br)CC1. The molecule has 1 saturated carbocycles. The normalized spacial score (nSPS) is 25.3. The molecule has 0 amide bonds. The van der Waals surface area contributed by atoms with Crippen molar-refractivity contribution in [2.75, 3.05) is 0 Å². The van der Waals surface area contributed by atoms with Gasteiger partial charge in [0.05, 0.1) is 0 Å². The Kier molecular flexibility index (Phi) is 5.37. The summed E-state index contributed by atoms with van der Waals surface area (Å²) in [7, 11) is 0. The minimum Gasteiger partial charge on any atom is -0.271 e. The third kappa shape index (κ3) is 3.56. The Morgan fingerprint density at radius 3 is 2.63 bits per heavy atom. The fraction of sp³-hybridized carbons (Fsp3) is 0.600. The number of benzene rings is 1. The molecule has 19 heavy (non-hydrogen) atoms. The summed E-state index contributed by atoms with van der Waals surface area (Å²) in [5, 5.41) is 0. The smallest absolute Gasteiger partial charge is 0.123 e. The Bertz CT molecular complexity index is 417. The third-order valence-electron chi connectivity index (χ3n) is 4.41. The van der Waals surface area contributed by atoms with Crippen molar-refractivity contribution in [2.24, 2.45) is 17.7 Å². The molecule has 1 aliphatic carbocycles. The van der Waals surface area contributed by atoms with Crippen molar-refractivity contribution in [1.29, 1.82) is 0 Å². The molecular formula is C15H22BrFN2. The monoisotopic (exact) mass is 328 g/mol. The van der Waals surface area contributed by atoms with E-state index >= 15 is 0 Å². The van der Waals surface area contributed by atoms with Gasteiger partial charge < -0.3 is 0 Å². The zero-order chi connectivity index (χ0) is 13.8. The van der Waals surface area contributed by atoms with Crippen LogP contribution in [-0.2, 0) is 0 Å². The van der Waals surface area contributed by atoms with Crippen LogP contribution >= 0.6 is 15.9 Å². The number of nitrogens with two attached hydrogens (primary N) is 1. The van der Waals surface area contributed by atoms with Gasteiger partial charge in [0.25, 0.3) is 0 Å². The second-order valence-electron chi connectivity index (χ2n) is 5.50. The average Bonchev–Trinajstić information content (AvgIpc) is 2.44. The molecule has 1 unspecified atom stereocenters. The van der Waals surface area contributed by atoms with Crippen LogP contribution in [0.15, 0.2) is 22.7 Å². The maximum Gasteiger partial charge on any atom is 0.123 e. The molecule has 2 rings (SSSR count). The molecule has 1 atom stereocenters. The van der Waals surface area contributed by atoms with Crippen LogP contribution in [0.4, 0.5) is 4.39 Å². The van der Waals surface area contributed by atoms with Crippen molar-refractivity contribution >= 4 is 15.9 Å².